The minimum Gasteiger partial charge on any atom is -0.505 e. The van der Waals surface area contributed by atoms with Gasteiger partial charge in [0.1, 0.15) is 11.4 Å². The number of nitrogens with zero attached hydrogens (tertiary/aromatic N) is 1. The Morgan fingerprint density at radius 1 is 1.14 bits per heavy atom. The molecule has 0 bridgehead atoms. The Morgan fingerprint density at radius 2 is 1.89 bits per heavy atom. The van der Waals surface area contributed by atoms with Crippen molar-refractivity contribution in [1.82, 2.24) is 4.57 Å². The number of methoxy groups -OCH3 is 1. The second-order valence-corrected chi connectivity index (χ2v) is 6.17. The van der Waals surface area contributed by atoms with Gasteiger partial charge in [0.25, 0.3) is 5.56 Å². The second kappa shape index (κ2) is 7.98. The molecule has 0 atom stereocenters. The number of phenolic OH excluding ortho intramolecular Hbond substituents is 1. The maximum absolute atomic E-state index is 12.9. The van der Waals surface area contributed by atoms with Crippen LogP contribution in [0.4, 0.5) is 5.69 Å². The van der Waals surface area contributed by atoms with Crippen LogP contribution in [0.1, 0.15) is 21.5 Å². The highest BCUT2D eigenvalue weighted by atomic mass is 16.7. The van der Waals surface area contributed by atoms with Gasteiger partial charge >= 0.3 is 0 Å². The number of aryl methyl sites for hydroxylation is 1. The molecule has 0 aliphatic rings. The number of aromatic nitrogens is 1. The van der Waals surface area contributed by atoms with Gasteiger partial charge in [0.2, 0.25) is 0 Å². The van der Waals surface area contributed by atoms with Crippen LogP contribution in [0.2, 0.25) is 0 Å². The van der Waals surface area contributed by atoms with Crippen LogP contribution in [-0.4, -0.2) is 29.4 Å². The third kappa shape index (κ3) is 3.60. The van der Waals surface area contributed by atoms with Gasteiger partial charge in [0.15, 0.2) is 18.3 Å². The fourth-order valence-electron chi connectivity index (χ4n) is 2.82. The van der Waals surface area contributed by atoms with Crippen molar-refractivity contribution < 1.29 is 19.4 Å². The number of carbonyl (C=O) groups excluding carboxylic acids is 1. The van der Waals surface area contributed by atoms with Crippen molar-refractivity contribution in [1.29, 1.82) is 0 Å². The number of hydrogen-bond donors (Lipinski definition) is 2. The first-order chi connectivity index (χ1) is 13.4. The molecule has 2 aromatic carbocycles. The van der Waals surface area contributed by atoms with E-state index in [0.29, 0.717) is 5.69 Å². The summed E-state index contributed by atoms with van der Waals surface area (Å²) < 4.78 is 11.5. The summed E-state index contributed by atoms with van der Waals surface area (Å²) in [7, 11) is 1.46. The minimum atomic E-state index is -0.468. The average molecular weight is 380 g/mol. The third-order valence-electron chi connectivity index (χ3n) is 4.30. The Kier molecular flexibility index (Phi) is 5.47. The van der Waals surface area contributed by atoms with E-state index in [9.17, 15) is 14.7 Å². The van der Waals surface area contributed by atoms with Crippen molar-refractivity contribution in [3.8, 4) is 17.2 Å². The summed E-state index contributed by atoms with van der Waals surface area (Å²) >= 11 is 0. The van der Waals surface area contributed by atoms with E-state index >= 15 is 0 Å². The van der Waals surface area contributed by atoms with E-state index in [0.717, 1.165) is 5.56 Å². The zero-order valence-corrected chi connectivity index (χ0v) is 15.5. The van der Waals surface area contributed by atoms with Gasteiger partial charge in [-0.15, -0.1) is 0 Å². The van der Waals surface area contributed by atoms with Crippen molar-refractivity contribution >= 4 is 11.5 Å². The summed E-state index contributed by atoms with van der Waals surface area (Å²) in [6.07, 6.45) is 1.46. The van der Waals surface area contributed by atoms with Crippen molar-refractivity contribution in [3.05, 3.63) is 81.8 Å². The van der Waals surface area contributed by atoms with Crippen LogP contribution in [0.5, 0.6) is 11.5 Å². The summed E-state index contributed by atoms with van der Waals surface area (Å²) in [5.41, 5.74) is 7.36. The molecule has 144 valence electrons. The Hall–Kier alpha value is -3.58. The standard InChI is InChI=1S/C21H20N2O5/c1-13-5-3-4-6-16(13)23-11-14(7-10-18(23)24)20(25)15-8-9-17(28-12-27-2)19(22)21(15)26/h3-11,26H,12,22H2,1-2H3. The van der Waals surface area contributed by atoms with E-state index in [1.54, 1.807) is 6.07 Å². The Balaban J connectivity index is 2.02. The van der Waals surface area contributed by atoms with Crippen LogP contribution in [0.15, 0.2) is 59.5 Å². The lowest BCUT2D eigenvalue weighted by Crippen LogP contribution is -2.19. The molecule has 0 spiro atoms. The number of aromatic hydroxyl groups is 1. The molecule has 28 heavy (non-hydrogen) atoms. The molecule has 0 aliphatic carbocycles. The zero-order valence-electron chi connectivity index (χ0n) is 15.5. The summed E-state index contributed by atoms with van der Waals surface area (Å²) in [6, 6.07) is 13.0. The largest absolute Gasteiger partial charge is 0.505 e. The van der Waals surface area contributed by atoms with E-state index in [2.05, 4.69) is 0 Å². The lowest BCUT2D eigenvalue weighted by Gasteiger charge is -2.13. The molecule has 0 radical (unpaired) electrons. The van der Waals surface area contributed by atoms with Crippen LogP contribution in [0.3, 0.4) is 0 Å². The molecule has 3 aromatic rings. The van der Waals surface area contributed by atoms with Gasteiger partial charge in [0.05, 0.1) is 11.3 Å². The molecule has 7 heteroatoms. The fourth-order valence-corrected chi connectivity index (χ4v) is 2.82. The van der Waals surface area contributed by atoms with E-state index in [-0.39, 0.29) is 40.7 Å². The molecule has 0 saturated heterocycles. The van der Waals surface area contributed by atoms with Crippen LogP contribution >= 0.6 is 0 Å². The van der Waals surface area contributed by atoms with Gasteiger partial charge in [-0.3, -0.25) is 14.2 Å². The van der Waals surface area contributed by atoms with Gasteiger partial charge in [-0.1, -0.05) is 18.2 Å². The predicted molar refractivity (Wildman–Crippen MR) is 105 cm³/mol. The van der Waals surface area contributed by atoms with E-state index < -0.39 is 5.78 Å². The maximum atomic E-state index is 12.9. The molecule has 1 aromatic heterocycles. The van der Waals surface area contributed by atoms with E-state index in [4.69, 9.17) is 15.2 Å². The normalized spacial score (nSPS) is 10.6. The lowest BCUT2D eigenvalue weighted by molar-refractivity contribution is 0.0515. The van der Waals surface area contributed by atoms with Gasteiger partial charge in [0, 0.05) is 24.9 Å². The zero-order chi connectivity index (χ0) is 20.3. The topological polar surface area (TPSA) is 104 Å². The number of benzene rings is 2. The lowest BCUT2D eigenvalue weighted by atomic mass is 10.0. The van der Waals surface area contributed by atoms with E-state index in [1.165, 1.54) is 42.1 Å². The number of ether oxygens (including phenoxy) is 2. The highest BCUT2D eigenvalue weighted by Crippen LogP contribution is 2.35. The number of para-hydroxylation sites is 1. The molecular weight excluding hydrogens is 360 g/mol. The Morgan fingerprint density at radius 3 is 2.61 bits per heavy atom. The third-order valence-corrected chi connectivity index (χ3v) is 4.30. The van der Waals surface area contributed by atoms with Crippen LogP contribution in [0, 0.1) is 6.92 Å². The predicted octanol–water partition coefficient (Wildman–Crippen LogP) is 2.65. The fraction of sp³-hybridized carbons (Fsp3) is 0.143. The summed E-state index contributed by atoms with van der Waals surface area (Å²) in [5, 5.41) is 10.4. The van der Waals surface area contributed by atoms with Crippen LogP contribution in [-0.2, 0) is 4.74 Å². The molecule has 3 N–H and O–H groups in total. The molecule has 1 heterocycles. The van der Waals surface area contributed by atoms with Gasteiger partial charge in [-0.25, -0.2) is 0 Å². The molecule has 7 nitrogen and oxygen atoms in total. The SMILES string of the molecule is COCOc1ccc(C(=O)c2ccc(=O)n(-c3ccccc3C)c2)c(O)c1N. The summed E-state index contributed by atoms with van der Waals surface area (Å²) in [5.74, 6) is -0.641. The molecule has 3 rings (SSSR count). The van der Waals surface area contributed by atoms with Gasteiger partial charge in [-0.05, 0) is 36.8 Å². The molecule has 0 fully saturated rings. The quantitative estimate of drug-likeness (QED) is 0.295. The van der Waals surface area contributed by atoms with Crippen molar-refractivity contribution in [2.45, 2.75) is 6.92 Å². The first kappa shape index (κ1) is 19.2. The number of hydrogen-bond acceptors (Lipinski definition) is 6. The van der Waals surface area contributed by atoms with Gasteiger partial charge in [-0.2, -0.15) is 0 Å². The maximum Gasteiger partial charge on any atom is 0.255 e. The number of carbonyl (C=O) groups is 1. The molecule has 0 aliphatic heterocycles. The number of nitrogen functional groups attached to an aromatic ring is 1. The highest BCUT2D eigenvalue weighted by molar-refractivity contribution is 6.11. The number of ketones is 1. The van der Waals surface area contributed by atoms with Crippen LogP contribution in [0.25, 0.3) is 5.69 Å². The van der Waals surface area contributed by atoms with E-state index in [1.807, 2.05) is 25.1 Å². The second-order valence-electron chi connectivity index (χ2n) is 6.17. The summed E-state index contributed by atoms with van der Waals surface area (Å²) in [6.45, 7) is 1.83. The summed E-state index contributed by atoms with van der Waals surface area (Å²) in [4.78, 5) is 25.2. The Labute approximate surface area is 161 Å². The van der Waals surface area contributed by atoms with Crippen LogP contribution < -0.4 is 16.0 Å². The van der Waals surface area contributed by atoms with Crippen molar-refractivity contribution in [2.24, 2.45) is 0 Å². The molecule has 0 unspecified atom stereocenters. The average Bonchev–Trinajstić information content (AvgIpc) is 2.70. The molecule has 0 amide bonds. The highest BCUT2D eigenvalue weighted by Gasteiger charge is 2.19. The van der Waals surface area contributed by atoms with Crippen molar-refractivity contribution in [2.75, 3.05) is 19.6 Å². The molecule has 0 saturated carbocycles. The Bertz CT molecular complexity index is 1090. The number of rotatable bonds is 6. The first-order valence-electron chi connectivity index (χ1n) is 8.50. The number of phenols is 1. The smallest absolute Gasteiger partial charge is 0.255 e. The number of pyridine rings is 1. The van der Waals surface area contributed by atoms with Gasteiger partial charge < -0.3 is 20.3 Å². The molecular formula is C21H20N2O5. The monoisotopic (exact) mass is 380 g/mol. The minimum absolute atomic E-state index is 0.0113. The first-order valence-corrected chi connectivity index (χ1v) is 8.50. The van der Waals surface area contributed by atoms with Crippen molar-refractivity contribution in [3.63, 3.8) is 0 Å². The number of anilines is 1. The number of nitrogens with two attached hydrogens (primary N) is 1.